The Hall–Kier alpha value is -1.95. The summed E-state index contributed by atoms with van der Waals surface area (Å²) in [4.78, 5) is 14.2. The molecule has 1 N–H and O–H groups in total. The van der Waals surface area contributed by atoms with Gasteiger partial charge < -0.3 is 24.4 Å². The first-order valence-electron chi connectivity index (χ1n) is 7.21. The number of rotatable bonds is 3. The lowest BCUT2D eigenvalue weighted by molar-refractivity contribution is 0.104. The van der Waals surface area contributed by atoms with Crippen LogP contribution in [0.1, 0.15) is 12.8 Å². The third kappa shape index (κ3) is 3.21. The van der Waals surface area contributed by atoms with Gasteiger partial charge in [-0.3, -0.25) is 0 Å². The first kappa shape index (κ1) is 14.0. The third-order valence-corrected chi connectivity index (χ3v) is 3.83. The molecular formula is C15H20N2O4. The second kappa shape index (κ2) is 6.22. The van der Waals surface area contributed by atoms with Crippen LogP contribution in [0.4, 0.5) is 10.5 Å². The number of likely N-dealkylation sites (tertiary alicyclic amines) is 1. The van der Waals surface area contributed by atoms with Crippen molar-refractivity contribution in [1.82, 2.24) is 4.90 Å². The molecule has 2 aliphatic rings. The summed E-state index contributed by atoms with van der Waals surface area (Å²) in [5, 5.41) is 2.91. The number of hydrogen-bond donors (Lipinski definition) is 1. The molecule has 1 atom stereocenters. The molecular weight excluding hydrogens is 272 g/mol. The number of methoxy groups -OCH3 is 1. The van der Waals surface area contributed by atoms with Gasteiger partial charge in [-0.15, -0.1) is 0 Å². The minimum atomic E-state index is -0.0744. The molecule has 1 fully saturated rings. The molecule has 114 valence electrons. The van der Waals surface area contributed by atoms with Gasteiger partial charge in [0.15, 0.2) is 11.5 Å². The average Bonchev–Trinajstić information content (AvgIpc) is 2.95. The van der Waals surface area contributed by atoms with Crippen molar-refractivity contribution in [1.29, 1.82) is 0 Å². The predicted molar refractivity (Wildman–Crippen MR) is 77.8 cm³/mol. The van der Waals surface area contributed by atoms with E-state index in [0.29, 0.717) is 24.0 Å². The van der Waals surface area contributed by atoms with Gasteiger partial charge in [0.1, 0.15) is 0 Å². The number of hydrogen-bond acceptors (Lipinski definition) is 4. The van der Waals surface area contributed by atoms with Crippen molar-refractivity contribution in [2.45, 2.75) is 12.8 Å². The van der Waals surface area contributed by atoms with E-state index in [1.165, 1.54) is 0 Å². The van der Waals surface area contributed by atoms with Crippen LogP contribution in [0.2, 0.25) is 0 Å². The molecule has 1 aromatic carbocycles. The van der Waals surface area contributed by atoms with Crippen molar-refractivity contribution in [3.8, 4) is 11.5 Å². The Morgan fingerprint density at radius 1 is 1.43 bits per heavy atom. The number of amides is 2. The Labute approximate surface area is 124 Å². The van der Waals surface area contributed by atoms with E-state index in [2.05, 4.69) is 5.32 Å². The summed E-state index contributed by atoms with van der Waals surface area (Å²) >= 11 is 0. The number of piperidine rings is 1. The number of carbonyl (C=O) groups is 1. The van der Waals surface area contributed by atoms with Crippen molar-refractivity contribution < 1.29 is 19.0 Å². The Morgan fingerprint density at radius 3 is 3.14 bits per heavy atom. The topological polar surface area (TPSA) is 60.0 Å². The van der Waals surface area contributed by atoms with Crippen molar-refractivity contribution in [3.05, 3.63) is 18.2 Å². The molecule has 1 saturated heterocycles. The summed E-state index contributed by atoms with van der Waals surface area (Å²) in [5.41, 5.74) is 0.720. The fourth-order valence-corrected chi connectivity index (χ4v) is 2.80. The largest absolute Gasteiger partial charge is 0.454 e. The number of carbonyl (C=O) groups excluding carboxylic acids is 1. The van der Waals surface area contributed by atoms with Gasteiger partial charge in [-0.05, 0) is 25.0 Å². The minimum absolute atomic E-state index is 0.0744. The maximum Gasteiger partial charge on any atom is 0.321 e. The molecule has 0 radical (unpaired) electrons. The molecule has 2 heterocycles. The van der Waals surface area contributed by atoms with E-state index < -0.39 is 0 Å². The monoisotopic (exact) mass is 292 g/mol. The van der Waals surface area contributed by atoms with Crippen LogP contribution in [0, 0.1) is 5.92 Å². The smallest absolute Gasteiger partial charge is 0.321 e. The van der Waals surface area contributed by atoms with E-state index in [0.717, 1.165) is 31.6 Å². The number of benzene rings is 1. The highest BCUT2D eigenvalue weighted by atomic mass is 16.7. The minimum Gasteiger partial charge on any atom is -0.454 e. The normalized spacial score (nSPS) is 20.4. The summed E-state index contributed by atoms with van der Waals surface area (Å²) in [6.45, 7) is 2.46. The highest BCUT2D eigenvalue weighted by Crippen LogP contribution is 2.34. The Bertz CT molecular complexity index is 518. The maximum atomic E-state index is 12.3. The van der Waals surface area contributed by atoms with Crippen LogP contribution in [0.5, 0.6) is 11.5 Å². The van der Waals surface area contributed by atoms with E-state index in [1.807, 2.05) is 17.0 Å². The summed E-state index contributed by atoms with van der Waals surface area (Å²) in [6.07, 6.45) is 2.13. The molecule has 2 amide bonds. The quantitative estimate of drug-likeness (QED) is 0.928. The Balaban J connectivity index is 1.60. The first-order chi connectivity index (χ1) is 10.3. The molecule has 0 spiro atoms. The number of ether oxygens (including phenoxy) is 3. The zero-order valence-corrected chi connectivity index (χ0v) is 12.1. The standard InChI is InChI=1S/C15H20N2O4/c1-19-9-11-3-2-6-17(8-11)15(18)16-12-4-5-13-14(7-12)21-10-20-13/h4-5,7,11H,2-3,6,8-10H2,1H3,(H,16,18). The molecule has 21 heavy (non-hydrogen) atoms. The predicted octanol–water partition coefficient (Wildman–Crippen LogP) is 2.31. The summed E-state index contributed by atoms with van der Waals surface area (Å²) in [5.74, 6) is 1.81. The number of urea groups is 1. The van der Waals surface area contributed by atoms with Crippen LogP contribution in [-0.2, 0) is 4.74 Å². The molecule has 2 aliphatic heterocycles. The van der Waals surface area contributed by atoms with Crippen LogP contribution < -0.4 is 14.8 Å². The van der Waals surface area contributed by atoms with E-state index in [1.54, 1.807) is 13.2 Å². The average molecular weight is 292 g/mol. The van der Waals surface area contributed by atoms with Gasteiger partial charge in [-0.1, -0.05) is 0 Å². The Kier molecular flexibility index (Phi) is 4.15. The number of nitrogens with one attached hydrogen (secondary N) is 1. The third-order valence-electron chi connectivity index (χ3n) is 3.83. The van der Waals surface area contributed by atoms with Gasteiger partial charge in [0.25, 0.3) is 0 Å². The number of nitrogens with zero attached hydrogens (tertiary/aromatic N) is 1. The Morgan fingerprint density at radius 2 is 2.29 bits per heavy atom. The molecule has 3 rings (SSSR count). The van der Waals surface area contributed by atoms with Crippen molar-refractivity contribution in [2.75, 3.05) is 38.9 Å². The zero-order chi connectivity index (χ0) is 14.7. The van der Waals surface area contributed by atoms with Crippen LogP contribution in [0.25, 0.3) is 0 Å². The van der Waals surface area contributed by atoms with Crippen molar-refractivity contribution >= 4 is 11.7 Å². The van der Waals surface area contributed by atoms with Gasteiger partial charge in [0.05, 0.1) is 6.61 Å². The number of anilines is 1. The SMILES string of the molecule is COCC1CCCN(C(=O)Nc2ccc3c(c2)OCO3)C1. The van der Waals surface area contributed by atoms with E-state index >= 15 is 0 Å². The fraction of sp³-hybridized carbons (Fsp3) is 0.533. The highest BCUT2D eigenvalue weighted by molar-refractivity contribution is 5.89. The van der Waals surface area contributed by atoms with Gasteiger partial charge in [0.2, 0.25) is 6.79 Å². The van der Waals surface area contributed by atoms with E-state index in [9.17, 15) is 4.79 Å². The van der Waals surface area contributed by atoms with Crippen LogP contribution in [0.15, 0.2) is 18.2 Å². The van der Waals surface area contributed by atoms with E-state index in [-0.39, 0.29) is 12.8 Å². The second-order valence-electron chi connectivity index (χ2n) is 5.41. The van der Waals surface area contributed by atoms with E-state index in [4.69, 9.17) is 14.2 Å². The molecule has 0 bridgehead atoms. The zero-order valence-electron chi connectivity index (χ0n) is 12.1. The summed E-state index contributed by atoms with van der Waals surface area (Å²) in [6, 6.07) is 5.34. The lowest BCUT2D eigenvalue weighted by Gasteiger charge is -2.32. The van der Waals surface area contributed by atoms with Gasteiger partial charge in [-0.25, -0.2) is 4.79 Å². The molecule has 0 saturated carbocycles. The first-order valence-corrected chi connectivity index (χ1v) is 7.21. The van der Waals surface area contributed by atoms with Crippen molar-refractivity contribution in [2.24, 2.45) is 5.92 Å². The fourth-order valence-electron chi connectivity index (χ4n) is 2.80. The molecule has 6 heteroatoms. The second-order valence-corrected chi connectivity index (χ2v) is 5.41. The van der Waals surface area contributed by atoms with Crippen LogP contribution in [-0.4, -0.2) is 44.5 Å². The molecule has 6 nitrogen and oxygen atoms in total. The highest BCUT2D eigenvalue weighted by Gasteiger charge is 2.24. The van der Waals surface area contributed by atoms with Gasteiger partial charge >= 0.3 is 6.03 Å². The molecule has 0 aromatic heterocycles. The van der Waals surface area contributed by atoms with Crippen LogP contribution in [0.3, 0.4) is 0 Å². The lowest BCUT2D eigenvalue weighted by atomic mass is 9.99. The van der Waals surface area contributed by atoms with Crippen molar-refractivity contribution in [3.63, 3.8) is 0 Å². The molecule has 1 aromatic rings. The molecule has 0 aliphatic carbocycles. The van der Waals surface area contributed by atoms with Gasteiger partial charge in [0, 0.05) is 37.9 Å². The lowest BCUT2D eigenvalue weighted by Crippen LogP contribution is -2.43. The van der Waals surface area contributed by atoms with Gasteiger partial charge in [-0.2, -0.15) is 0 Å². The number of fused-ring (bicyclic) bond motifs is 1. The summed E-state index contributed by atoms with van der Waals surface area (Å²) < 4.78 is 15.8. The van der Waals surface area contributed by atoms with Crippen LogP contribution >= 0.6 is 0 Å². The summed E-state index contributed by atoms with van der Waals surface area (Å²) in [7, 11) is 1.70. The maximum absolute atomic E-state index is 12.3. The molecule has 1 unspecified atom stereocenters.